The zero-order chi connectivity index (χ0) is 18.8. The summed E-state index contributed by atoms with van der Waals surface area (Å²) in [6.07, 6.45) is 1.66. The van der Waals surface area contributed by atoms with Crippen LogP contribution in [-0.4, -0.2) is 18.7 Å². The van der Waals surface area contributed by atoms with Crippen LogP contribution in [0.15, 0.2) is 33.9 Å². The molecule has 0 N–H and O–H groups in total. The maximum Gasteiger partial charge on any atom is 0.332 e. The Balaban J connectivity index is 2.18. The topological polar surface area (TPSA) is 61.8 Å². The van der Waals surface area contributed by atoms with E-state index >= 15 is 0 Å². The Hall–Kier alpha value is -2.78. The molecule has 0 unspecified atom stereocenters. The molecule has 0 spiro atoms. The Morgan fingerprint density at radius 3 is 2.62 bits per heavy atom. The monoisotopic (exact) mass is 370 g/mol. The summed E-state index contributed by atoms with van der Waals surface area (Å²) in [6, 6.07) is 7.19. The van der Waals surface area contributed by atoms with Gasteiger partial charge in [0.2, 0.25) is 0 Å². The van der Waals surface area contributed by atoms with Crippen molar-refractivity contribution in [1.82, 2.24) is 18.7 Å². The van der Waals surface area contributed by atoms with E-state index in [1.165, 1.54) is 9.13 Å². The van der Waals surface area contributed by atoms with Gasteiger partial charge in [-0.05, 0) is 30.5 Å². The largest absolute Gasteiger partial charge is 0.332 e. The molecular weight excluding hydrogens is 352 g/mol. The number of imidazole rings is 1. The average molecular weight is 371 g/mol. The van der Waals surface area contributed by atoms with Crippen LogP contribution in [-0.2, 0) is 20.6 Å². The number of aryl methyl sites for hydroxylation is 2. The lowest BCUT2D eigenvalue weighted by Crippen LogP contribution is -2.39. The number of aromatic nitrogens is 4. The molecule has 0 saturated heterocycles. The maximum absolute atomic E-state index is 12.8. The summed E-state index contributed by atoms with van der Waals surface area (Å²) in [7, 11) is 3.35. The molecule has 26 heavy (non-hydrogen) atoms. The molecule has 0 saturated carbocycles. The minimum Gasteiger partial charge on any atom is -0.314 e. The van der Waals surface area contributed by atoms with Gasteiger partial charge in [-0.15, -0.1) is 0 Å². The number of hydrogen-bond donors (Lipinski definition) is 0. The Bertz CT molecular complexity index is 1160. The van der Waals surface area contributed by atoms with E-state index in [0.29, 0.717) is 28.6 Å². The first kappa shape index (κ1) is 18.0. The van der Waals surface area contributed by atoms with Crippen molar-refractivity contribution in [2.24, 2.45) is 14.1 Å². The van der Waals surface area contributed by atoms with Crippen molar-refractivity contribution in [1.29, 1.82) is 0 Å². The van der Waals surface area contributed by atoms with Crippen molar-refractivity contribution < 1.29 is 0 Å². The summed E-state index contributed by atoms with van der Waals surface area (Å²) in [4.78, 5) is 29.7. The molecule has 0 amide bonds. The van der Waals surface area contributed by atoms with Gasteiger partial charge in [-0.3, -0.25) is 13.9 Å². The number of rotatable bonds is 3. The lowest BCUT2D eigenvalue weighted by molar-refractivity contribution is 0.565. The van der Waals surface area contributed by atoms with Gasteiger partial charge in [0, 0.05) is 31.2 Å². The first-order chi connectivity index (χ1) is 12.4. The molecule has 0 aliphatic rings. The molecular formula is C19H19ClN4O2. The number of unbranched alkanes of at least 4 members (excludes halogenated alkanes) is 1. The van der Waals surface area contributed by atoms with Gasteiger partial charge in [-0.2, -0.15) is 0 Å². The maximum atomic E-state index is 12.8. The van der Waals surface area contributed by atoms with Crippen LogP contribution in [0.5, 0.6) is 0 Å². The lowest BCUT2D eigenvalue weighted by atomic mass is 10.2. The van der Waals surface area contributed by atoms with Crippen LogP contribution >= 0.6 is 11.6 Å². The van der Waals surface area contributed by atoms with Gasteiger partial charge in [-0.25, -0.2) is 9.78 Å². The predicted molar refractivity (Wildman–Crippen MR) is 103 cm³/mol. The molecule has 2 aromatic heterocycles. The number of benzene rings is 1. The van der Waals surface area contributed by atoms with Crippen LogP contribution in [0.25, 0.3) is 11.2 Å². The number of hydrogen-bond acceptors (Lipinski definition) is 3. The average Bonchev–Trinajstić information content (AvgIpc) is 2.95. The van der Waals surface area contributed by atoms with Gasteiger partial charge in [0.25, 0.3) is 5.56 Å². The zero-order valence-corrected chi connectivity index (χ0v) is 15.7. The van der Waals surface area contributed by atoms with E-state index in [0.717, 1.165) is 18.4 Å². The minimum absolute atomic E-state index is 0.331. The van der Waals surface area contributed by atoms with Crippen LogP contribution in [0.2, 0.25) is 5.02 Å². The van der Waals surface area contributed by atoms with Crippen LogP contribution in [0.4, 0.5) is 0 Å². The van der Waals surface area contributed by atoms with E-state index < -0.39 is 0 Å². The highest BCUT2D eigenvalue weighted by Crippen LogP contribution is 2.11. The third-order valence-electron chi connectivity index (χ3n) is 4.24. The van der Waals surface area contributed by atoms with Gasteiger partial charge in [0.1, 0.15) is 0 Å². The van der Waals surface area contributed by atoms with Crippen molar-refractivity contribution in [3.8, 4) is 11.8 Å². The van der Waals surface area contributed by atoms with Crippen LogP contribution in [0.1, 0.15) is 31.2 Å². The molecule has 6 nitrogen and oxygen atoms in total. The molecule has 134 valence electrons. The van der Waals surface area contributed by atoms with Gasteiger partial charge in [-0.1, -0.05) is 36.9 Å². The molecule has 0 fully saturated rings. The smallest absolute Gasteiger partial charge is 0.314 e. The fraction of sp³-hybridized carbons (Fsp3) is 0.316. The number of halogens is 1. The van der Waals surface area contributed by atoms with E-state index in [9.17, 15) is 9.59 Å². The van der Waals surface area contributed by atoms with Crippen LogP contribution in [0.3, 0.4) is 0 Å². The molecule has 0 aliphatic heterocycles. The predicted octanol–water partition coefficient (Wildman–Crippen LogP) is 2.29. The summed E-state index contributed by atoms with van der Waals surface area (Å²) >= 11 is 5.97. The lowest BCUT2D eigenvalue weighted by Gasteiger charge is -2.07. The molecule has 7 heteroatoms. The van der Waals surface area contributed by atoms with Crippen molar-refractivity contribution >= 4 is 22.8 Å². The molecule has 0 aliphatic carbocycles. The van der Waals surface area contributed by atoms with E-state index in [1.807, 2.05) is 19.1 Å². The Kier molecular flexibility index (Phi) is 5.01. The summed E-state index contributed by atoms with van der Waals surface area (Å²) in [5.74, 6) is 6.37. The van der Waals surface area contributed by atoms with Crippen molar-refractivity contribution in [2.75, 3.05) is 0 Å². The first-order valence-corrected chi connectivity index (χ1v) is 8.75. The molecule has 3 aromatic rings. The summed E-state index contributed by atoms with van der Waals surface area (Å²) in [5.41, 5.74) is 0.772. The van der Waals surface area contributed by atoms with Crippen molar-refractivity contribution in [3.05, 3.63) is 61.5 Å². The second-order valence-corrected chi connectivity index (χ2v) is 6.52. The molecule has 0 radical (unpaired) electrons. The van der Waals surface area contributed by atoms with Crippen LogP contribution in [0, 0.1) is 11.8 Å². The Morgan fingerprint density at radius 2 is 1.92 bits per heavy atom. The third kappa shape index (κ3) is 3.18. The molecule has 0 atom stereocenters. The molecule has 0 bridgehead atoms. The second-order valence-electron chi connectivity index (χ2n) is 6.08. The van der Waals surface area contributed by atoms with E-state index in [2.05, 4.69) is 16.8 Å². The standard InChI is InChI=1S/C19H19ClN4O2/c1-4-5-11-24-18(25)16-17(23(3)19(24)26)21-15(22(16)2)10-9-13-7-6-8-14(20)12-13/h6-8,12H,4-5,11H2,1-3H3. The SMILES string of the molecule is CCCCn1c(=O)c2c(nc(C#Cc3cccc(Cl)c3)n2C)n(C)c1=O. The summed E-state index contributed by atoms with van der Waals surface area (Å²) in [6.45, 7) is 2.41. The van der Waals surface area contributed by atoms with Crippen LogP contribution < -0.4 is 11.2 Å². The van der Waals surface area contributed by atoms with E-state index in [-0.39, 0.29) is 11.2 Å². The Morgan fingerprint density at radius 1 is 1.15 bits per heavy atom. The highest BCUT2D eigenvalue weighted by molar-refractivity contribution is 6.30. The normalized spacial score (nSPS) is 10.8. The number of nitrogens with zero attached hydrogens (tertiary/aromatic N) is 4. The van der Waals surface area contributed by atoms with Gasteiger partial charge in [0.05, 0.1) is 0 Å². The quantitative estimate of drug-likeness (QED) is 0.664. The van der Waals surface area contributed by atoms with Gasteiger partial charge >= 0.3 is 5.69 Å². The third-order valence-corrected chi connectivity index (χ3v) is 4.47. The second kappa shape index (κ2) is 7.22. The van der Waals surface area contributed by atoms with E-state index in [4.69, 9.17) is 11.6 Å². The summed E-state index contributed by atoms with van der Waals surface area (Å²) < 4.78 is 4.30. The van der Waals surface area contributed by atoms with Gasteiger partial charge < -0.3 is 4.57 Å². The Labute approximate surface area is 155 Å². The minimum atomic E-state index is -0.358. The highest BCUT2D eigenvalue weighted by atomic mass is 35.5. The molecule has 3 rings (SSSR count). The van der Waals surface area contributed by atoms with E-state index in [1.54, 1.807) is 30.8 Å². The first-order valence-electron chi connectivity index (χ1n) is 8.38. The molecule has 2 heterocycles. The fourth-order valence-corrected chi connectivity index (χ4v) is 2.95. The van der Waals surface area contributed by atoms with Crippen molar-refractivity contribution in [3.63, 3.8) is 0 Å². The zero-order valence-electron chi connectivity index (χ0n) is 14.9. The summed E-state index contributed by atoms with van der Waals surface area (Å²) in [5, 5.41) is 0.600. The van der Waals surface area contributed by atoms with Crippen molar-refractivity contribution in [2.45, 2.75) is 26.3 Å². The van der Waals surface area contributed by atoms with Gasteiger partial charge in [0.15, 0.2) is 17.0 Å². The highest BCUT2D eigenvalue weighted by Gasteiger charge is 2.17. The fourth-order valence-electron chi connectivity index (χ4n) is 2.76. The number of fused-ring (bicyclic) bond motifs is 1. The molecule has 1 aromatic carbocycles.